The van der Waals surface area contributed by atoms with E-state index < -0.39 is 0 Å². The van der Waals surface area contributed by atoms with Crippen LogP contribution in [-0.4, -0.2) is 12.1 Å². The zero-order valence-electron chi connectivity index (χ0n) is 16.3. The molecular formula is C20H44N2. The lowest BCUT2D eigenvalue weighted by Crippen LogP contribution is -2.43. The number of hydrogen-bond acceptors (Lipinski definition) is 2. The Bertz CT molecular complexity index is 224. The van der Waals surface area contributed by atoms with Crippen molar-refractivity contribution in [2.24, 2.45) is 35.1 Å². The first-order valence-corrected chi connectivity index (χ1v) is 9.73. The number of rotatable bonds is 13. The highest BCUT2D eigenvalue weighted by Gasteiger charge is 2.18. The van der Waals surface area contributed by atoms with E-state index in [1.54, 1.807) is 0 Å². The van der Waals surface area contributed by atoms with Crippen LogP contribution in [0.15, 0.2) is 0 Å². The molecule has 0 bridgehead atoms. The minimum absolute atomic E-state index is 0.168. The van der Waals surface area contributed by atoms with Crippen molar-refractivity contribution in [2.75, 3.05) is 0 Å². The highest BCUT2D eigenvalue weighted by Crippen LogP contribution is 2.21. The lowest BCUT2D eigenvalue weighted by molar-refractivity contribution is 0.331. The Morgan fingerprint density at radius 1 is 0.545 bits per heavy atom. The first-order valence-electron chi connectivity index (χ1n) is 9.73. The van der Waals surface area contributed by atoms with Gasteiger partial charge in [0.25, 0.3) is 0 Å². The predicted molar refractivity (Wildman–Crippen MR) is 101 cm³/mol. The molecule has 0 amide bonds. The summed E-state index contributed by atoms with van der Waals surface area (Å²) < 4.78 is 0. The van der Waals surface area contributed by atoms with Crippen molar-refractivity contribution in [1.82, 2.24) is 0 Å². The van der Waals surface area contributed by atoms with Crippen LogP contribution in [0.4, 0.5) is 0 Å². The van der Waals surface area contributed by atoms with Gasteiger partial charge in [-0.2, -0.15) is 0 Å². The van der Waals surface area contributed by atoms with Gasteiger partial charge in [-0.3, -0.25) is 0 Å². The maximum atomic E-state index is 6.35. The summed E-state index contributed by atoms with van der Waals surface area (Å²) >= 11 is 0. The Morgan fingerprint density at radius 2 is 0.864 bits per heavy atom. The molecule has 4 N–H and O–H groups in total. The molecule has 0 heterocycles. The van der Waals surface area contributed by atoms with Crippen LogP contribution in [0.5, 0.6) is 0 Å². The lowest BCUT2D eigenvalue weighted by Gasteiger charge is -2.25. The average Bonchev–Trinajstić information content (AvgIpc) is 2.37. The van der Waals surface area contributed by atoms with Crippen LogP contribution in [-0.2, 0) is 0 Å². The highest BCUT2D eigenvalue weighted by molar-refractivity contribution is 4.79. The summed E-state index contributed by atoms with van der Waals surface area (Å²) in [6, 6.07) is 0.336. The average molecular weight is 313 g/mol. The predicted octanol–water partition coefficient (Wildman–Crippen LogP) is 5.35. The second-order valence-corrected chi connectivity index (χ2v) is 8.66. The molecule has 2 heteroatoms. The third-order valence-corrected chi connectivity index (χ3v) is 4.86. The van der Waals surface area contributed by atoms with E-state index in [0.29, 0.717) is 11.8 Å². The van der Waals surface area contributed by atoms with Crippen molar-refractivity contribution in [3.8, 4) is 0 Å². The largest absolute Gasteiger partial charge is 0.326 e. The Kier molecular flexibility index (Phi) is 12.3. The molecule has 22 heavy (non-hydrogen) atoms. The number of nitrogens with two attached hydrogens (primary N) is 2. The van der Waals surface area contributed by atoms with Gasteiger partial charge < -0.3 is 11.5 Å². The van der Waals surface area contributed by atoms with Crippen LogP contribution in [0.1, 0.15) is 92.9 Å². The molecule has 0 aliphatic heterocycles. The fourth-order valence-corrected chi connectivity index (χ4v) is 3.26. The second kappa shape index (κ2) is 12.4. The summed E-state index contributed by atoms with van der Waals surface area (Å²) in [7, 11) is 0. The van der Waals surface area contributed by atoms with E-state index in [9.17, 15) is 0 Å². The summed E-state index contributed by atoms with van der Waals surface area (Å²) in [5, 5.41) is 0. The summed E-state index contributed by atoms with van der Waals surface area (Å²) in [6.07, 6.45) is 10.1. The molecule has 0 saturated heterocycles. The minimum Gasteiger partial charge on any atom is -0.326 e. The van der Waals surface area contributed by atoms with Crippen molar-refractivity contribution in [3.05, 3.63) is 0 Å². The molecule has 0 saturated carbocycles. The third kappa shape index (κ3) is 12.5. The Balaban J connectivity index is 3.86. The molecule has 134 valence electrons. The van der Waals surface area contributed by atoms with Crippen molar-refractivity contribution >= 4 is 0 Å². The summed E-state index contributed by atoms with van der Waals surface area (Å²) in [6.45, 7) is 13.9. The Hall–Kier alpha value is -0.0800. The summed E-state index contributed by atoms with van der Waals surface area (Å²) in [5.41, 5.74) is 12.7. The van der Waals surface area contributed by atoms with Crippen LogP contribution < -0.4 is 11.5 Å². The summed E-state index contributed by atoms with van der Waals surface area (Å²) in [4.78, 5) is 0. The van der Waals surface area contributed by atoms with Crippen LogP contribution in [0.25, 0.3) is 0 Å². The van der Waals surface area contributed by atoms with Crippen LogP contribution in [0.2, 0.25) is 0 Å². The monoisotopic (exact) mass is 312 g/mol. The normalized spacial score (nSPS) is 17.7. The smallest absolute Gasteiger partial charge is 0.0194 e. The van der Waals surface area contributed by atoms with Gasteiger partial charge in [0.2, 0.25) is 0 Å². The van der Waals surface area contributed by atoms with Gasteiger partial charge in [0, 0.05) is 12.1 Å². The first-order chi connectivity index (χ1) is 10.2. The molecule has 0 aliphatic carbocycles. The van der Waals surface area contributed by atoms with Gasteiger partial charge in [-0.15, -0.1) is 0 Å². The van der Waals surface area contributed by atoms with Gasteiger partial charge in [-0.1, -0.05) is 80.1 Å². The van der Waals surface area contributed by atoms with Crippen LogP contribution >= 0.6 is 0 Å². The van der Waals surface area contributed by atoms with Gasteiger partial charge in [0.05, 0.1) is 0 Å². The molecule has 0 aromatic rings. The zero-order chi connectivity index (χ0) is 17.1. The van der Waals surface area contributed by atoms with E-state index in [0.717, 1.165) is 24.7 Å². The Morgan fingerprint density at radius 3 is 1.14 bits per heavy atom. The van der Waals surface area contributed by atoms with Gasteiger partial charge in [0.15, 0.2) is 0 Å². The van der Waals surface area contributed by atoms with Gasteiger partial charge in [0.1, 0.15) is 0 Å². The molecule has 2 nitrogen and oxygen atoms in total. The number of hydrogen-bond donors (Lipinski definition) is 2. The molecule has 4 atom stereocenters. The lowest BCUT2D eigenvalue weighted by atomic mass is 9.87. The fraction of sp³-hybridized carbons (Fsp3) is 1.00. The van der Waals surface area contributed by atoms with Crippen molar-refractivity contribution in [2.45, 2.75) is 105 Å². The third-order valence-electron chi connectivity index (χ3n) is 4.86. The maximum Gasteiger partial charge on any atom is 0.0194 e. The Labute approximate surface area is 140 Å². The van der Waals surface area contributed by atoms with E-state index in [1.807, 2.05) is 0 Å². The van der Waals surface area contributed by atoms with Crippen LogP contribution in [0, 0.1) is 23.7 Å². The van der Waals surface area contributed by atoms with Crippen molar-refractivity contribution < 1.29 is 0 Å². The van der Waals surface area contributed by atoms with E-state index in [4.69, 9.17) is 11.5 Å². The first kappa shape index (κ1) is 21.9. The maximum absolute atomic E-state index is 6.35. The van der Waals surface area contributed by atoms with Gasteiger partial charge in [-0.05, 0) is 36.5 Å². The fourth-order valence-electron chi connectivity index (χ4n) is 3.26. The molecule has 0 spiro atoms. The SMILES string of the molecule is CC(C)CCC[C@H](C)CC(N)C(N)C[C@@H](C)CCCC(C)C. The quantitative estimate of drug-likeness (QED) is 0.482. The van der Waals surface area contributed by atoms with E-state index in [-0.39, 0.29) is 12.1 Å². The van der Waals surface area contributed by atoms with E-state index in [2.05, 4.69) is 41.5 Å². The van der Waals surface area contributed by atoms with Crippen molar-refractivity contribution in [3.63, 3.8) is 0 Å². The molecule has 2 unspecified atom stereocenters. The second-order valence-electron chi connectivity index (χ2n) is 8.66. The summed E-state index contributed by atoms with van der Waals surface area (Å²) in [5.74, 6) is 3.04. The molecule has 0 aromatic heterocycles. The van der Waals surface area contributed by atoms with Crippen LogP contribution in [0.3, 0.4) is 0 Å². The molecule has 0 rings (SSSR count). The standard InChI is InChI=1S/C20H44N2/c1-15(2)9-7-11-17(5)13-19(21)20(22)14-18(6)12-8-10-16(3)4/h15-20H,7-14,21-22H2,1-6H3/t17-,18-,19?,20?/m0/s1. The molecule has 0 aromatic carbocycles. The highest BCUT2D eigenvalue weighted by atomic mass is 14.8. The molecule has 0 fully saturated rings. The van der Waals surface area contributed by atoms with E-state index in [1.165, 1.54) is 38.5 Å². The zero-order valence-corrected chi connectivity index (χ0v) is 16.3. The minimum atomic E-state index is 0.168. The molecule has 0 radical (unpaired) electrons. The molecule has 0 aliphatic rings. The van der Waals surface area contributed by atoms with Crippen molar-refractivity contribution in [1.29, 1.82) is 0 Å². The van der Waals surface area contributed by atoms with E-state index >= 15 is 0 Å². The topological polar surface area (TPSA) is 52.0 Å². The van der Waals surface area contributed by atoms with Gasteiger partial charge in [-0.25, -0.2) is 0 Å². The molecular weight excluding hydrogens is 268 g/mol. The van der Waals surface area contributed by atoms with Gasteiger partial charge >= 0.3 is 0 Å².